The summed E-state index contributed by atoms with van der Waals surface area (Å²) < 4.78 is 12.8. The van der Waals surface area contributed by atoms with Crippen LogP contribution in [0.1, 0.15) is 33.2 Å². The zero-order valence-corrected chi connectivity index (χ0v) is 19.8. The van der Waals surface area contributed by atoms with Crippen molar-refractivity contribution in [2.24, 2.45) is 5.10 Å². The molecule has 4 rings (SSSR count). The van der Waals surface area contributed by atoms with Crippen LogP contribution in [0.25, 0.3) is 5.69 Å². The molecule has 1 aromatic heterocycles. The Kier molecular flexibility index (Phi) is 7.28. The van der Waals surface area contributed by atoms with E-state index in [1.165, 1.54) is 13.2 Å². The number of methoxy groups -OCH3 is 1. The molecule has 4 aromatic rings. The molecule has 0 saturated carbocycles. The van der Waals surface area contributed by atoms with Crippen molar-refractivity contribution in [1.29, 1.82) is 0 Å². The lowest BCUT2D eigenvalue weighted by Gasteiger charge is -2.11. The van der Waals surface area contributed by atoms with Crippen LogP contribution in [0.15, 0.2) is 96.4 Å². The minimum absolute atomic E-state index is 0.251. The number of nitrogens with zero attached hydrogens (tertiary/aromatic N) is 2. The van der Waals surface area contributed by atoms with Gasteiger partial charge in [-0.1, -0.05) is 17.7 Å². The van der Waals surface area contributed by atoms with Gasteiger partial charge < -0.3 is 14.0 Å². The van der Waals surface area contributed by atoms with Gasteiger partial charge in [-0.3, -0.25) is 4.79 Å². The van der Waals surface area contributed by atoms with Gasteiger partial charge in [-0.25, -0.2) is 10.2 Å². The summed E-state index contributed by atoms with van der Waals surface area (Å²) in [5.74, 6) is -0.290. The van der Waals surface area contributed by atoms with Crippen LogP contribution < -0.4 is 14.9 Å². The second-order valence-corrected chi connectivity index (χ2v) is 7.98. The Morgan fingerprint density at radius 1 is 0.857 bits per heavy atom. The molecule has 3 aromatic carbocycles. The number of aromatic nitrogens is 1. The van der Waals surface area contributed by atoms with Crippen molar-refractivity contribution in [3.8, 4) is 17.2 Å². The minimum Gasteiger partial charge on any atom is -0.493 e. The summed E-state index contributed by atoms with van der Waals surface area (Å²) in [5.41, 5.74) is 5.57. The molecule has 0 bridgehead atoms. The number of amides is 1. The fraction of sp³-hybridized carbons (Fsp3) is 0.0741. The maximum Gasteiger partial charge on any atom is 0.343 e. The summed E-state index contributed by atoms with van der Waals surface area (Å²) in [4.78, 5) is 25.0. The van der Waals surface area contributed by atoms with Gasteiger partial charge >= 0.3 is 5.97 Å². The van der Waals surface area contributed by atoms with Crippen molar-refractivity contribution in [3.05, 3.63) is 113 Å². The van der Waals surface area contributed by atoms with Crippen LogP contribution in [0.3, 0.4) is 0 Å². The first kappa shape index (κ1) is 23.8. The van der Waals surface area contributed by atoms with E-state index in [-0.39, 0.29) is 11.7 Å². The van der Waals surface area contributed by atoms with Crippen LogP contribution in [0.5, 0.6) is 11.5 Å². The molecule has 8 heteroatoms. The second-order valence-electron chi connectivity index (χ2n) is 7.54. The fourth-order valence-electron chi connectivity index (χ4n) is 3.31. The third-order valence-corrected chi connectivity index (χ3v) is 5.44. The van der Waals surface area contributed by atoms with Crippen molar-refractivity contribution in [1.82, 2.24) is 9.99 Å². The first-order valence-corrected chi connectivity index (χ1v) is 11.1. The van der Waals surface area contributed by atoms with Crippen molar-refractivity contribution in [2.45, 2.75) is 6.92 Å². The topological polar surface area (TPSA) is 81.9 Å². The third kappa shape index (κ3) is 5.77. The number of hydrogen-bond donors (Lipinski definition) is 1. The number of halogens is 1. The van der Waals surface area contributed by atoms with Gasteiger partial charge in [-0.2, -0.15) is 5.10 Å². The normalized spacial score (nSPS) is 11.1. The lowest BCUT2D eigenvalue weighted by atomic mass is 10.1. The molecular weight excluding hydrogens is 466 g/mol. The van der Waals surface area contributed by atoms with E-state index < -0.39 is 5.97 Å². The van der Waals surface area contributed by atoms with Gasteiger partial charge in [0.15, 0.2) is 11.5 Å². The van der Waals surface area contributed by atoms with Crippen LogP contribution in [-0.4, -0.2) is 29.3 Å². The van der Waals surface area contributed by atoms with E-state index in [0.29, 0.717) is 33.2 Å². The number of hydrogen-bond acceptors (Lipinski definition) is 5. The summed E-state index contributed by atoms with van der Waals surface area (Å²) in [7, 11) is 1.47. The number of rotatable bonds is 7. The van der Waals surface area contributed by atoms with E-state index >= 15 is 0 Å². The Labute approximate surface area is 207 Å². The van der Waals surface area contributed by atoms with Crippen molar-refractivity contribution in [2.75, 3.05) is 7.11 Å². The quantitative estimate of drug-likeness (QED) is 0.161. The molecule has 0 aliphatic rings. The first-order valence-electron chi connectivity index (χ1n) is 10.7. The number of hydrazone groups is 1. The largest absolute Gasteiger partial charge is 0.493 e. The highest BCUT2D eigenvalue weighted by Crippen LogP contribution is 2.29. The molecule has 0 saturated heterocycles. The summed E-state index contributed by atoms with van der Waals surface area (Å²) in [6.07, 6.45) is 3.86. The van der Waals surface area contributed by atoms with Gasteiger partial charge in [0.25, 0.3) is 5.91 Å². The highest BCUT2D eigenvalue weighted by atomic mass is 35.5. The molecular formula is C27H22ClN3O4. The van der Waals surface area contributed by atoms with E-state index in [1.807, 2.05) is 41.2 Å². The highest BCUT2D eigenvalue weighted by molar-refractivity contribution is 6.30. The number of benzene rings is 3. The number of ether oxygens (including phenoxy) is 2. The van der Waals surface area contributed by atoms with Crippen molar-refractivity contribution in [3.63, 3.8) is 0 Å². The molecule has 35 heavy (non-hydrogen) atoms. The van der Waals surface area contributed by atoms with Crippen LogP contribution >= 0.6 is 11.6 Å². The molecule has 1 N–H and O–H groups in total. The van der Waals surface area contributed by atoms with Crippen LogP contribution in [-0.2, 0) is 0 Å². The van der Waals surface area contributed by atoms with Crippen molar-refractivity contribution < 1.29 is 19.1 Å². The standard InChI is InChI=1S/C27H22ClN3O4/c1-18(29-30-26(32)19-8-11-23(12-9-19)31-14-3-4-15-31)20-10-13-24(25(17-20)34-2)35-27(33)21-6-5-7-22(28)16-21/h3-17H,1-2H3,(H,30,32)/b29-18+. The number of carbonyl (C=O) groups is 2. The van der Waals surface area contributed by atoms with Crippen LogP contribution in [0.2, 0.25) is 5.02 Å². The molecule has 7 nitrogen and oxygen atoms in total. The van der Waals surface area contributed by atoms with Crippen molar-refractivity contribution >= 4 is 29.2 Å². The van der Waals surface area contributed by atoms with E-state index in [1.54, 1.807) is 55.5 Å². The SMILES string of the molecule is COc1cc(/C(C)=N/NC(=O)c2ccc(-n3cccc3)cc2)ccc1OC(=O)c1cccc(Cl)c1. The molecule has 0 aliphatic heterocycles. The fourth-order valence-corrected chi connectivity index (χ4v) is 3.50. The number of esters is 1. The molecule has 0 atom stereocenters. The predicted octanol–water partition coefficient (Wildman–Crippen LogP) is 5.51. The van der Waals surface area contributed by atoms with E-state index in [4.69, 9.17) is 21.1 Å². The van der Waals surface area contributed by atoms with E-state index in [2.05, 4.69) is 10.5 Å². The lowest BCUT2D eigenvalue weighted by molar-refractivity contribution is 0.0729. The molecule has 0 fully saturated rings. The summed E-state index contributed by atoms with van der Waals surface area (Å²) in [6.45, 7) is 1.75. The third-order valence-electron chi connectivity index (χ3n) is 5.20. The number of carbonyl (C=O) groups excluding carboxylic acids is 2. The Bertz CT molecular complexity index is 1380. The summed E-state index contributed by atoms with van der Waals surface area (Å²) in [5, 5.41) is 4.64. The van der Waals surface area contributed by atoms with Gasteiger partial charge in [0.1, 0.15) is 0 Å². The average molecular weight is 488 g/mol. The molecule has 0 spiro atoms. The van der Waals surface area contributed by atoms with Gasteiger partial charge in [0.05, 0.1) is 18.4 Å². The van der Waals surface area contributed by atoms with Gasteiger partial charge in [0.2, 0.25) is 0 Å². The monoisotopic (exact) mass is 487 g/mol. The zero-order chi connectivity index (χ0) is 24.8. The molecule has 1 heterocycles. The Balaban J connectivity index is 1.44. The Morgan fingerprint density at radius 3 is 2.26 bits per heavy atom. The molecule has 176 valence electrons. The lowest BCUT2D eigenvalue weighted by Crippen LogP contribution is -2.19. The predicted molar refractivity (Wildman–Crippen MR) is 135 cm³/mol. The maximum atomic E-state index is 12.5. The Hall–Kier alpha value is -4.36. The van der Waals surface area contributed by atoms with E-state index in [0.717, 1.165) is 5.69 Å². The average Bonchev–Trinajstić information content (AvgIpc) is 3.42. The molecule has 1 amide bonds. The molecule has 0 radical (unpaired) electrons. The van der Waals surface area contributed by atoms with E-state index in [9.17, 15) is 9.59 Å². The summed E-state index contributed by atoms with van der Waals surface area (Å²) in [6, 6.07) is 22.6. The van der Waals surface area contributed by atoms with Crippen LogP contribution in [0.4, 0.5) is 0 Å². The molecule has 0 unspecified atom stereocenters. The molecule has 0 aliphatic carbocycles. The Morgan fingerprint density at radius 2 is 1.57 bits per heavy atom. The second kappa shape index (κ2) is 10.7. The highest BCUT2D eigenvalue weighted by Gasteiger charge is 2.14. The smallest absolute Gasteiger partial charge is 0.343 e. The minimum atomic E-state index is -0.556. The first-order chi connectivity index (χ1) is 16.9. The number of nitrogens with one attached hydrogen (secondary N) is 1. The summed E-state index contributed by atoms with van der Waals surface area (Å²) >= 11 is 5.95. The van der Waals surface area contributed by atoms with Gasteiger partial charge in [-0.05, 0) is 79.7 Å². The zero-order valence-electron chi connectivity index (χ0n) is 19.1. The van der Waals surface area contributed by atoms with Gasteiger partial charge in [-0.15, -0.1) is 0 Å². The maximum absolute atomic E-state index is 12.5. The van der Waals surface area contributed by atoms with Crippen LogP contribution in [0, 0.1) is 0 Å². The van der Waals surface area contributed by atoms with Gasteiger partial charge in [0, 0.05) is 34.2 Å².